The van der Waals surface area contributed by atoms with Gasteiger partial charge in [-0.1, -0.05) is 35.5 Å². The number of hydrogen-bond acceptors (Lipinski definition) is 6. The molecule has 0 aliphatic carbocycles. The number of aryl methyl sites for hydroxylation is 2. The predicted octanol–water partition coefficient (Wildman–Crippen LogP) is 4.78. The van der Waals surface area contributed by atoms with E-state index in [2.05, 4.69) is 10.3 Å². The maximum Gasteiger partial charge on any atom is 0.226 e. The van der Waals surface area contributed by atoms with E-state index in [9.17, 15) is 0 Å². The predicted molar refractivity (Wildman–Crippen MR) is 117 cm³/mol. The van der Waals surface area contributed by atoms with Crippen LogP contribution in [0.3, 0.4) is 0 Å². The van der Waals surface area contributed by atoms with Crippen molar-refractivity contribution in [2.45, 2.75) is 20.5 Å². The number of thiocarbonyl (C=S) groups is 1. The van der Waals surface area contributed by atoms with Crippen LogP contribution in [0.25, 0.3) is 0 Å². The van der Waals surface area contributed by atoms with Crippen molar-refractivity contribution in [2.24, 2.45) is 12.2 Å². The molecule has 0 aliphatic heterocycles. The fourth-order valence-corrected chi connectivity index (χ4v) is 2.93. The number of para-hydroxylation sites is 1. The van der Waals surface area contributed by atoms with Crippen molar-refractivity contribution < 1.29 is 14.3 Å². The van der Waals surface area contributed by atoms with E-state index in [0.29, 0.717) is 24.1 Å². The average Bonchev–Trinajstić information content (AvgIpc) is 2.99. The first kappa shape index (κ1) is 20.5. The molecule has 29 heavy (non-hydrogen) atoms. The lowest BCUT2D eigenvalue weighted by atomic mass is 10.1. The van der Waals surface area contributed by atoms with Crippen molar-refractivity contribution in [3.8, 4) is 11.6 Å². The molecule has 0 spiro atoms. The zero-order valence-electron chi connectivity index (χ0n) is 16.7. The van der Waals surface area contributed by atoms with Gasteiger partial charge in [0, 0.05) is 12.6 Å². The Kier molecular flexibility index (Phi) is 6.97. The molecule has 0 unspecified atom stereocenters. The number of oxime groups is 1. The number of ether oxygens (including phenoxy) is 2. The summed E-state index contributed by atoms with van der Waals surface area (Å²) in [7, 11) is 1.83. The summed E-state index contributed by atoms with van der Waals surface area (Å²) in [6.45, 7) is 4.71. The van der Waals surface area contributed by atoms with Crippen LogP contribution in [-0.4, -0.2) is 27.7 Å². The molecule has 0 amide bonds. The molecular weight excluding hydrogens is 386 g/mol. The third-order valence-corrected chi connectivity index (χ3v) is 4.48. The van der Waals surface area contributed by atoms with Crippen molar-refractivity contribution >= 4 is 23.5 Å². The van der Waals surface area contributed by atoms with Crippen LogP contribution < -0.4 is 4.74 Å². The van der Waals surface area contributed by atoms with Gasteiger partial charge in [-0.2, -0.15) is 5.10 Å². The van der Waals surface area contributed by atoms with Gasteiger partial charge < -0.3 is 14.3 Å². The number of aromatic nitrogens is 2. The van der Waals surface area contributed by atoms with Crippen molar-refractivity contribution in [1.29, 1.82) is 0 Å². The van der Waals surface area contributed by atoms with Gasteiger partial charge in [0.1, 0.15) is 12.4 Å². The van der Waals surface area contributed by atoms with Crippen molar-refractivity contribution in [3.63, 3.8) is 0 Å². The van der Waals surface area contributed by atoms with Gasteiger partial charge in [-0.25, -0.2) is 4.68 Å². The highest BCUT2D eigenvalue weighted by Gasteiger charge is 2.14. The van der Waals surface area contributed by atoms with Gasteiger partial charge in [0.05, 0.1) is 24.1 Å². The second kappa shape index (κ2) is 9.84. The molecule has 0 saturated heterocycles. The lowest BCUT2D eigenvalue weighted by molar-refractivity contribution is 0.132. The minimum Gasteiger partial charge on any atom is -0.483 e. The SMILES string of the molecule is CCOC(=S)c1ccc(CON=Cc2c(C)nn(C)c2Oc2ccccc2)cc1. The second-order valence-electron chi connectivity index (χ2n) is 6.27. The third-order valence-electron chi connectivity index (χ3n) is 4.12. The third kappa shape index (κ3) is 5.42. The van der Waals surface area contributed by atoms with E-state index in [4.69, 9.17) is 26.5 Å². The molecule has 1 heterocycles. The van der Waals surface area contributed by atoms with Crippen molar-refractivity contribution in [1.82, 2.24) is 9.78 Å². The van der Waals surface area contributed by atoms with E-state index in [1.807, 2.05) is 75.5 Å². The summed E-state index contributed by atoms with van der Waals surface area (Å²) in [5.41, 5.74) is 3.44. The largest absolute Gasteiger partial charge is 0.483 e. The molecule has 3 rings (SSSR count). The number of hydrogen-bond donors (Lipinski definition) is 0. The van der Waals surface area contributed by atoms with E-state index in [0.717, 1.165) is 28.1 Å². The van der Waals surface area contributed by atoms with Crippen LogP contribution in [0.4, 0.5) is 0 Å². The zero-order chi connectivity index (χ0) is 20.6. The van der Waals surface area contributed by atoms with E-state index in [-0.39, 0.29) is 0 Å². The smallest absolute Gasteiger partial charge is 0.226 e. The highest BCUT2D eigenvalue weighted by molar-refractivity contribution is 7.80. The Hall–Kier alpha value is -3.19. The quantitative estimate of drug-likeness (QED) is 0.304. The molecule has 6 nitrogen and oxygen atoms in total. The van der Waals surface area contributed by atoms with Gasteiger partial charge >= 0.3 is 0 Å². The summed E-state index contributed by atoms with van der Waals surface area (Å²) >= 11 is 5.20. The minimum atomic E-state index is 0.340. The Morgan fingerprint density at radius 2 is 1.86 bits per heavy atom. The summed E-state index contributed by atoms with van der Waals surface area (Å²) in [4.78, 5) is 5.45. The van der Waals surface area contributed by atoms with Crippen LogP contribution in [0.2, 0.25) is 0 Å². The number of benzene rings is 2. The summed E-state index contributed by atoms with van der Waals surface area (Å²) in [5, 5.41) is 8.99. The first-order chi connectivity index (χ1) is 14.1. The molecule has 0 aliphatic rings. The molecular formula is C22H23N3O3S. The first-order valence-electron chi connectivity index (χ1n) is 9.26. The molecule has 0 fully saturated rings. The standard InChI is InChI=1S/C22H23N3O3S/c1-4-26-22(29)18-12-10-17(11-13-18)15-27-23-14-20-16(2)24-25(3)21(20)28-19-8-6-5-7-9-19/h5-14H,4,15H2,1-3H3. The lowest BCUT2D eigenvalue weighted by Gasteiger charge is -2.07. The molecule has 0 bridgehead atoms. The molecule has 0 radical (unpaired) electrons. The fourth-order valence-electron chi connectivity index (χ4n) is 2.68. The van der Waals surface area contributed by atoms with Crippen LogP contribution in [0.1, 0.15) is 29.3 Å². The summed E-state index contributed by atoms with van der Waals surface area (Å²) < 4.78 is 13.0. The Morgan fingerprint density at radius 3 is 2.55 bits per heavy atom. The highest BCUT2D eigenvalue weighted by atomic mass is 32.1. The van der Waals surface area contributed by atoms with E-state index in [1.165, 1.54) is 0 Å². The highest BCUT2D eigenvalue weighted by Crippen LogP contribution is 2.25. The minimum absolute atomic E-state index is 0.340. The molecule has 1 aromatic heterocycles. The van der Waals surface area contributed by atoms with E-state index >= 15 is 0 Å². The molecule has 0 N–H and O–H groups in total. The number of rotatable bonds is 8. The Morgan fingerprint density at radius 1 is 1.14 bits per heavy atom. The maximum absolute atomic E-state index is 5.96. The van der Waals surface area contributed by atoms with Crippen molar-refractivity contribution in [3.05, 3.63) is 77.0 Å². The van der Waals surface area contributed by atoms with Crippen LogP contribution in [-0.2, 0) is 23.2 Å². The molecule has 3 aromatic rings. The van der Waals surface area contributed by atoms with Gasteiger partial charge in [0.2, 0.25) is 5.88 Å². The maximum atomic E-state index is 5.96. The van der Waals surface area contributed by atoms with Gasteiger partial charge in [-0.3, -0.25) is 0 Å². The summed E-state index contributed by atoms with van der Waals surface area (Å²) in [6.07, 6.45) is 1.62. The normalized spacial score (nSPS) is 10.9. The first-order valence-corrected chi connectivity index (χ1v) is 9.67. The molecule has 2 aromatic carbocycles. The lowest BCUT2D eigenvalue weighted by Crippen LogP contribution is -2.03. The zero-order valence-corrected chi connectivity index (χ0v) is 17.5. The Balaban J connectivity index is 1.63. The summed E-state index contributed by atoms with van der Waals surface area (Å²) in [5.74, 6) is 1.34. The van der Waals surface area contributed by atoms with E-state index in [1.54, 1.807) is 10.9 Å². The van der Waals surface area contributed by atoms with E-state index < -0.39 is 0 Å². The molecule has 0 atom stereocenters. The van der Waals surface area contributed by atoms with Crippen molar-refractivity contribution in [2.75, 3.05) is 6.61 Å². The van der Waals surface area contributed by atoms with Crippen LogP contribution in [0, 0.1) is 6.92 Å². The summed E-state index contributed by atoms with van der Waals surface area (Å²) in [6, 6.07) is 17.3. The molecule has 7 heteroatoms. The topological polar surface area (TPSA) is 57.9 Å². The monoisotopic (exact) mass is 409 g/mol. The van der Waals surface area contributed by atoms with Gasteiger partial charge in [-0.15, -0.1) is 0 Å². The number of nitrogens with zero attached hydrogens (tertiary/aromatic N) is 3. The Labute approximate surface area is 175 Å². The molecule has 150 valence electrons. The second-order valence-corrected chi connectivity index (χ2v) is 6.64. The van der Waals surface area contributed by atoms with Crippen LogP contribution in [0.5, 0.6) is 11.6 Å². The van der Waals surface area contributed by atoms with Crippen LogP contribution in [0.15, 0.2) is 59.8 Å². The Bertz CT molecular complexity index is 983. The van der Waals surface area contributed by atoms with Gasteiger partial charge in [0.25, 0.3) is 0 Å². The van der Waals surface area contributed by atoms with Gasteiger partial charge in [0.15, 0.2) is 5.05 Å². The van der Waals surface area contributed by atoms with Crippen LogP contribution >= 0.6 is 12.2 Å². The average molecular weight is 410 g/mol. The molecule has 0 saturated carbocycles. The fraction of sp³-hybridized carbons (Fsp3) is 0.227. The van der Waals surface area contributed by atoms with Gasteiger partial charge in [-0.05, 0) is 55.9 Å².